The van der Waals surface area contributed by atoms with E-state index in [-0.39, 0.29) is 5.91 Å². The molecule has 1 unspecified atom stereocenters. The summed E-state index contributed by atoms with van der Waals surface area (Å²) in [5.74, 6) is 0.390. The molecule has 1 atom stereocenters. The fraction of sp³-hybridized carbons (Fsp3) is 0.308. The maximum atomic E-state index is 13.4. The molecule has 1 saturated heterocycles. The van der Waals surface area contributed by atoms with Crippen molar-refractivity contribution in [2.45, 2.75) is 26.1 Å². The smallest absolute Gasteiger partial charge is 0.354 e. The van der Waals surface area contributed by atoms with E-state index in [0.29, 0.717) is 32.0 Å². The first-order valence-corrected chi connectivity index (χ1v) is 11.2. The van der Waals surface area contributed by atoms with Crippen molar-refractivity contribution in [3.05, 3.63) is 89.1 Å². The standard InChI is InChI=1S/C26H27F3N4O/c1-18-14-19(2)16-22(15-18)31-25(34)24(20-6-4-3-5-7-20)33-12-10-32(11-13-33)23-9-8-21(17-30-23)26(27,28)29/h3-9,14-17,24H,10-13H2,1-2H3,(H,31,34). The van der Waals surface area contributed by atoms with Crippen molar-refractivity contribution < 1.29 is 18.0 Å². The summed E-state index contributed by atoms with van der Waals surface area (Å²) in [4.78, 5) is 21.5. The number of hydrogen-bond donors (Lipinski definition) is 1. The summed E-state index contributed by atoms with van der Waals surface area (Å²) in [5.41, 5.74) is 3.04. The molecule has 2 heterocycles. The number of piperazine rings is 1. The molecule has 1 fully saturated rings. The van der Waals surface area contributed by atoms with Crippen molar-refractivity contribution in [2.75, 3.05) is 36.4 Å². The van der Waals surface area contributed by atoms with Gasteiger partial charge in [-0.2, -0.15) is 13.2 Å². The highest BCUT2D eigenvalue weighted by atomic mass is 19.4. The van der Waals surface area contributed by atoms with E-state index in [2.05, 4.69) is 21.3 Å². The molecule has 2 aromatic carbocycles. The monoisotopic (exact) mass is 468 g/mol. The Bertz CT molecular complexity index is 1100. The summed E-state index contributed by atoms with van der Waals surface area (Å²) >= 11 is 0. The number of aryl methyl sites for hydroxylation is 2. The lowest BCUT2D eigenvalue weighted by Crippen LogP contribution is -2.50. The van der Waals surface area contributed by atoms with Gasteiger partial charge in [-0.25, -0.2) is 4.98 Å². The second kappa shape index (κ2) is 9.85. The molecule has 0 bridgehead atoms. The predicted molar refractivity (Wildman–Crippen MR) is 127 cm³/mol. The van der Waals surface area contributed by atoms with Gasteiger partial charge in [0.1, 0.15) is 11.9 Å². The van der Waals surface area contributed by atoms with Gasteiger partial charge >= 0.3 is 6.18 Å². The van der Waals surface area contributed by atoms with Gasteiger partial charge in [0.25, 0.3) is 0 Å². The van der Waals surface area contributed by atoms with Gasteiger partial charge in [-0.15, -0.1) is 0 Å². The zero-order chi connectivity index (χ0) is 24.3. The van der Waals surface area contributed by atoms with E-state index >= 15 is 0 Å². The molecule has 4 rings (SSSR count). The van der Waals surface area contributed by atoms with Crippen LogP contribution in [0.15, 0.2) is 66.9 Å². The molecule has 34 heavy (non-hydrogen) atoms. The molecule has 1 N–H and O–H groups in total. The molecule has 0 radical (unpaired) electrons. The molecule has 0 saturated carbocycles. The third-order valence-electron chi connectivity index (χ3n) is 5.93. The van der Waals surface area contributed by atoms with Crippen LogP contribution in [0.2, 0.25) is 0 Å². The van der Waals surface area contributed by atoms with Crippen LogP contribution in [0.4, 0.5) is 24.7 Å². The largest absolute Gasteiger partial charge is 0.417 e. The fourth-order valence-electron chi connectivity index (χ4n) is 4.37. The lowest BCUT2D eigenvalue weighted by atomic mass is 10.0. The number of pyridine rings is 1. The van der Waals surface area contributed by atoms with Crippen LogP contribution in [0.25, 0.3) is 0 Å². The van der Waals surface area contributed by atoms with Crippen molar-refractivity contribution in [3.63, 3.8) is 0 Å². The molecule has 3 aromatic rings. The van der Waals surface area contributed by atoms with E-state index in [9.17, 15) is 18.0 Å². The Morgan fingerprint density at radius 1 is 0.941 bits per heavy atom. The Hall–Kier alpha value is -3.39. The van der Waals surface area contributed by atoms with Gasteiger partial charge in [0.2, 0.25) is 5.91 Å². The molecule has 1 aromatic heterocycles. The maximum Gasteiger partial charge on any atom is 0.417 e. The van der Waals surface area contributed by atoms with Crippen molar-refractivity contribution in [2.24, 2.45) is 0 Å². The van der Waals surface area contributed by atoms with Gasteiger partial charge in [0.05, 0.1) is 5.56 Å². The normalized spacial score (nSPS) is 15.7. The number of carbonyl (C=O) groups excluding carboxylic acids is 1. The number of carbonyl (C=O) groups is 1. The average molecular weight is 469 g/mol. The van der Waals surface area contributed by atoms with Crippen LogP contribution in [-0.4, -0.2) is 42.0 Å². The molecule has 8 heteroatoms. The zero-order valence-corrected chi connectivity index (χ0v) is 19.1. The van der Waals surface area contributed by atoms with Crippen LogP contribution in [0.1, 0.15) is 28.3 Å². The molecule has 1 aliphatic heterocycles. The lowest BCUT2D eigenvalue weighted by molar-refractivity contribution is -0.137. The van der Waals surface area contributed by atoms with E-state index in [0.717, 1.165) is 34.6 Å². The number of alkyl halides is 3. The van der Waals surface area contributed by atoms with E-state index in [4.69, 9.17) is 0 Å². The molecular formula is C26H27F3N4O. The minimum Gasteiger partial charge on any atom is -0.354 e. The first-order valence-electron chi connectivity index (χ1n) is 11.2. The van der Waals surface area contributed by atoms with Crippen molar-refractivity contribution in [1.29, 1.82) is 0 Å². The Morgan fingerprint density at radius 3 is 2.15 bits per heavy atom. The SMILES string of the molecule is Cc1cc(C)cc(NC(=O)C(c2ccccc2)N2CCN(c3ccc(C(F)(F)F)cn3)CC2)c1. The first-order chi connectivity index (χ1) is 16.2. The summed E-state index contributed by atoms with van der Waals surface area (Å²) in [7, 11) is 0. The van der Waals surface area contributed by atoms with Gasteiger partial charge in [-0.1, -0.05) is 36.4 Å². The number of nitrogens with one attached hydrogen (secondary N) is 1. The van der Waals surface area contributed by atoms with Crippen LogP contribution < -0.4 is 10.2 Å². The molecule has 0 aliphatic carbocycles. The van der Waals surface area contributed by atoms with Crippen LogP contribution in [0, 0.1) is 13.8 Å². The summed E-state index contributed by atoms with van der Waals surface area (Å²) in [6.07, 6.45) is -3.54. The topological polar surface area (TPSA) is 48.5 Å². The van der Waals surface area contributed by atoms with E-state index in [1.807, 2.05) is 61.2 Å². The van der Waals surface area contributed by atoms with E-state index in [1.54, 1.807) is 0 Å². The Morgan fingerprint density at radius 2 is 1.59 bits per heavy atom. The lowest BCUT2D eigenvalue weighted by Gasteiger charge is -2.39. The average Bonchev–Trinajstić information content (AvgIpc) is 2.79. The van der Waals surface area contributed by atoms with Gasteiger partial charge in [-0.05, 0) is 54.8 Å². The number of nitrogens with zero attached hydrogens (tertiary/aromatic N) is 3. The summed E-state index contributed by atoms with van der Waals surface area (Å²) in [5, 5.41) is 3.07. The van der Waals surface area contributed by atoms with Gasteiger partial charge in [0.15, 0.2) is 0 Å². The highest BCUT2D eigenvalue weighted by Gasteiger charge is 2.33. The molecule has 0 spiro atoms. The molecular weight excluding hydrogens is 441 g/mol. The Labute approximate surface area is 197 Å². The molecule has 1 amide bonds. The van der Waals surface area contributed by atoms with Crippen LogP contribution >= 0.6 is 0 Å². The quantitative estimate of drug-likeness (QED) is 0.558. The second-order valence-corrected chi connectivity index (χ2v) is 8.60. The molecule has 5 nitrogen and oxygen atoms in total. The van der Waals surface area contributed by atoms with Crippen LogP contribution in [0.5, 0.6) is 0 Å². The highest BCUT2D eigenvalue weighted by molar-refractivity contribution is 5.95. The number of amides is 1. The third-order valence-corrected chi connectivity index (χ3v) is 5.93. The van der Waals surface area contributed by atoms with Crippen molar-refractivity contribution in [1.82, 2.24) is 9.88 Å². The zero-order valence-electron chi connectivity index (χ0n) is 19.1. The van der Waals surface area contributed by atoms with Crippen LogP contribution in [0.3, 0.4) is 0 Å². The predicted octanol–water partition coefficient (Wildman–Crippen LogP) is 5.22. The van der Waals surface area contributed by atoms with Gasteiger partial charge < -0.3 is 10.2 Å². The first kappa shape index (κ1) is 23.8. The Balaban J connectivity index is 1.49. The number of anilines is 2. The number of halogens is 3. The minimum atomic E-state index is -4.41. The number of aromatic nitrogens is 1. The van der Waals surface area contributed by atoms with Gasteiger partial charge in [0, 0.05) is 38.1 Å². The maximum absolute atomic E-state index is 13.4. The second-order valence-electron chi connectivity index (χ2n) is 8.60. The summed E-state index contributed by atoms with van der Waals surface area (Å²) in [6.45, 7) is 6.24. The van der Waals surface area contributed by atoms with Gasteiger partial charge in [-0.3, -0.25) is 9.69 Å². The van der Waals surface area contributed by atoms with E-state index < -0.39 is 17.8 Å². The van der Waals surface area contributed by atoms with E-state index in [1.165, 1.54) is 6.07 Å². The number of benzene rings is 2. The molecule has 1 aliphatic rings. The highest BCUT2D eigenvalue weighted by Crippen LogP contribution is 2.30. The summed E-state index contributed by atoms with van der Waals surface area (Å²) in [6, 6.07) is 17.5. The molecule has 178 valence electrons. The van der Waals surface area contributed by atoms with Crippen LogP contribution in [-0.2, 0) is 11.0 Å². The van der Waals surface area contributed by atoms with Crippen molar-refractivity contribution in [3.8, 4) is 0 Å². The Kier molecular flexibility index (Phi) is 6.88. The fourth-order valence-corrected chi connectivity index (χ4v) is 4.37. The number of hydrogen-bond acceptors (Lipinski definition) is 4. The third kappa shape index (κ3) is 5.56. The summed E-state index contributed by atoms with van der Waals surface area (Å²) < 4.78 is 38.5. The minimum absolute atomic E-state index is 0.114. The number of rotatable bonds is 5. The van der Waals surface area contributed by atoms with Crippen molar-refractivity contribution >= 4 is 17.4 Å².